The second-order valence-electron chi connectivity index (χ2n) is 5.25. The number of nitrogens with zero attached hydrogens (tertiary/aromatic N) is 1. The fourth-order valence-corrected chi connectivity index (χ4v) is 3.56. The van der Waals surface area contributed by atoms with Crippen LogP contribution in [0.5, 0.6) is 0 Å². The van der Waals surface area contributed by atoms with Gasteiger partial charge in [0.1, 0.15) is 6.54 Å². The van der Waals surface area contributed by atoms with Gasteiger partial charge >= 0.3 is 5.97 Å². The monoisotopic (exact) mass is 311 g/mol. The molecule has 0 spiro atoms. The first-order chi connectivity index (χ1) is 9.94. The summed E-state index contributed by atoms with van der Waals surface area (Å²) in [6, 6.07) is 1.87. The van der Waals surface area contributed by atoms with Crippen LogP contribution in [-0.2, 0) is 17.6 Å². The van der Waals surface area contributed by atoms with Crippen molar-refractivity contribution in [1.29, 1.82) is 0 Å². The van der Waals surface area contributed by atoms with Gasteiger partial charge in [0.15, 0.2) is 0 Å². The Hall–Kier alpha value is -1.36. The van der Waals surface area contributed by atoms with E-state index in [4.69, 9.17) is 5.11 Å². The molecule has 1 N–H and O–H groups in total. The zero-order chi connectivity index (χ0) is 16.0. The summed E-state index contributed by atoms with van der Waals surface area (Å²) < 4.78 is 0. The van der Waals surface area contributed by atoms with Crippen molar-refractivity contribution in [2.45, 2.75) is 59.4 Å². The molecule has 0 fully saturated rings. The Morgan fingerprint density at radius 2 is 2.00 bits per heavy atom. The van der Waals surface area contributed by atoms with Crippen molar-refractivity contribution in [2.24, 2.45) is 0 Å². The summed E-state index contributed by atoms with van der Waals surface area (Å²) in [5.74, 6) is -1.13. The van der Waals surface area contributed by atoms with Gasteiger partial charge in [0.2, 0.25) is 0 Å². The maximum atomic E-state index is 12.6. The molecule has 1 rings (SSSR count). The molecule has 5 heteroatoms. The first kappa shape index (κ1) is 17.7. The second-order valence-corrected chi connectivity index (χ2v) is 6.38. The third-order valence-corrected chi connectivity index (χ3v) is 4.88. The average molecular weight is 311 g/mol. The fourth-order valence-electron chi connectivity index (χ4n) is 2.25. The number of hydrogen-bond acceptors (Lipinski definition) is 3. The van der Waals surface area contributed by atoms with E-state index in [2.05, 4.69) is 13.8 Å². The Balaban J connectivity index is 3.05. The quantitative estimate of drug-likeness (QED) is 0.798. The lowest BCUT2D eigenvalue weighted by Crippen LogP contribution is -2.41. The smallest absolute Gasteiger partial charge is 0.323 e. The Kier molecular flexibility index (Phi) is 6.89. The van der Waals surface area contributed by atoms with Crippen molar-refractivity contribution in [1.82, 2.24) is 4.90 Å². The second kappa shape index (κ2) is 8.17. The molecule has 1 amide bonds. The van der Waals surface area contributed by atoms with Crippen LogP contribution in [0, 0.1) is 0 Å². The van der Waals surface area contributed by atoms with Gasteiger partial charge in [-0.3, -0.25) is 9.59 Å². The Bertz CT molecular complexity index is 496. The van der Waals surface area contributed by atoms with Gasteiger partial charge in [-0.25, -0.2) is 0 Å². The van der Waals surface area contributed by atoms with Gasteiger partial charge in [-0.1, -0.05) is 27.2 Å². The fraction of sp³-hybridized carbons (Fsp3) is 0.625. The predicted molar refractivity (Wildman–Crippen MR) is 86.1 cm³/mol. The van der Waals surface area contributed by atoms with Gasteiger partial charge in [0.25, 0.3) is 5.91 Å². The molecule has 0 aliphatic carbocycles. The summed E-state index contributed by atoms with van der Waals surface area (Å²) in [7, 11) is 0. The lowest BCUT2D eigenvalue weighted by Gasteiger charge is -2.26. The van der Waals surface area contributed by atoms with Crippen molar-refractivity contribution in [3.63, 3.8) is 0 Å². The van der Waals surface area contributed by atoms with Crippen molar-refractivity contribution in [3.8, 4) is 0 Å². The van der Waals surface area contributed by atoms with Gasteiger partial charge in [-0.15, -0.1) is 11.3 Å². The summed E-state index contributed by atoms with van der Waals surface area (Å²) >= 11 is 1.52. The molecule has 1 aromatic heterocycles. The van der Waals surface area contributed by atoms with E-state index >= 15 is 0 Å². The van der Waals surface area contributed by atoms with Crippen molar-refractivity contribution >= 4 is 23.2 Å². The highest BCUT2D eigenvalue weighted by Gasteiger charge is 2.25. The number of thiophene rings is 1. The van der Waals surface area contributed by atoms with Crippen LogP contribution in [0.15, 0.2) is 6.07 Å². The zero-order valence-corrected chi connectivity index (χ0v) is 14.1. The number of carboxylic acids is 1. The molecule has 1 heterocycles. The van der Waals surface area contributed by atoms with Crippen LogP contribution in [0.1, 0.15) is 60.6 Å². The van der Waals surface area contributed by atoms with Crippen molar-refractivity contribution in [3.05, 3.63) is 21.4 Å². The lowest BCUT2D eigenvalue weighted by atomic mass is 10.1. The summed E-state index contributed by atoms with van der Waals surface area (Å²) in [5, 5.41) is 9.02. The van der Waals surface area contributed by atoms with E-state index in [0.29, 0.717) is 4.88 Å². The largest absolute Gasteiger partial charge is 0.480 e. The maximum absolute atomic E-state index is 12.6. The molecule has 0 aromatic carbocycles. The highest BCUT2D eigenvalue weighted by atomic mass is 32.1. The molecule has 1 atom stereocenters. The topological polar surface area (TPSA) is 57.6 Å². The van der Waals surface area contributed by atoms with E-state index in [-0.39, 0.29) is 18.5 Å². The number of carbonyl (C=O) groups is 2. The number of aliphatic carboxylic acids is 1. The standard InChI is InChI=1S/C16H25NO3S/c1-5-8-13-12(7-3)9-14(21-13)16(20)17(10-15(18)19)11(4)6-2/h9,11H,5-8,10H2,1-4H3,(H,18,19). The van der Waals surface area contributed by atoms with E-state index in [1.165, 1.54) is 26.7 Å². The molecule has 21 heavy (non-hydrogen) atoms. The minimum atomic E-state index is -0.968. The number of carboxylic acid groups (broad SMARTS) is 1. The predicted octanol–water partition coefficient (Wildman–Crippen LogP) is 3.59. The van der Waals surface area contributed by atoms with E-state index in [1.54, 1.807) is 0 Å². The van der Waals surface area contributed by atoms with Crippen LogP contribution in [0.3, 0.4) is 0 Å². The van der Waals surface area contributed by atoms with E-state index in [0.717, 1.165) is 25.7 Å². The molecule has 0 aliphatic rings. The highest BCUT2D eigenvalue weighted by molar-refractivity contribution is 7.14. The summed E-state index contributed by atoms with van der Waals surface area (Å²) in [4.78, 5) is 27.0. The molecule has 0 saturated heterocycles. The van der Waals surface area contributed by atoms with E-state index < -0.39 is 5.97 Å². The zero-order valence-electron chi connectivity index (χ0n) is 13.3. The molecular weight excluding hydrogens is 286 g/mol. The number of hydrogen-bond donors (Lipinski definition) is 1. The van der Waals surface area contributed by atoms with E-state index in [9.17, 15) is 9.59 Å². The maximum Gasteiger partial charge on any atom is 0.323 e. The Morgan fingerprint density at radius 1 is 1.33 bits per heavy atom. The van der Waals surface area contributed by atoms with Crippen LogP contribution in [0.25, 0.3) is 0 Å². The first-order valence-corrected chi connectivity index (χ1v) is 8.40. The molecule has 0 saturated carbocycles. The van der Waals surface area contributed by atoms with Gasteiger partial charge < -0.3 is 10.0 Å². The van der Waals surface area contributed by atoms with Crippen molar-refractivity contribution < 1.29 is 14.7 Å². The molecule has 4 nitrogen and oxygen atoms in total. The normalized spacial score (nSPS) is 12.2. The van der Waals surface area contributed by atoms with Crippen LogP contribution in [0.2, 0.25) is 0 Å². The third kappa shape index (κ3) is 4.56. The van der Waals surface area contributed by atoms with Crippen molar-refractivity contribution in [2.75, 3.05) is 6.54 Å². The number of carbonyl (C=O) groups excluding carboxylic acids is 1. The molecular formula is C16H25NO3S. The number of amides is 1. The molecule has 1 aromatic rings. The highest BCUT2D eigenvalue weighted by Crippen LogP contribution is 2.26. The minimum Gasteiger partial charge on any atom is -0.480 e. The van der Waals surface area contributed by atoms with Gasteiger partial charge in [0.05, 0.1) is 4.88 Å². The van der Waals surface area contributed by atoms with E-state index in [1.807, 2.05) is 19.9 Å². The molecule has 0 bridgehead atoms. The number of rotatable bonds is 8. The Labute approximate surface area is 130 Å². The van der Waals surface area contributed by atoms with Gasteiger partial charge in [-0.2, -0.15) is 0 Å². The summed E-state index contributed by atoms with van der Waals surface area (Å²) in [5.41, 5.74) is 1.21. The summed E-state index contributed by atoms with van der Waals surface area (Å²) in [6.07, 6.45) is 3.67. The van der Waals surface area contributed by atoms with Gasteiger partial charge in [-0.05, 0) is 37.8 Å². The first-order valence-electron chi connectivity index (χ1n) is 7.58. The average Bonchev–Trinajstić information content (AvgIpc) is 2.86. The van der Waals surface area contributed by atoms with Crippen LogP contribution in [-0.4, -0.2) is 34.5 Å². The lowest BCUT2D eigenvalue weighted by molar-refractivity contribution is -0.138. The van der Waals surface area contributed by atoms with Gasteiger partial charge in [0, 0.05) is 10.9 Å². The number of aryl methyl sites for hydroxylation is 2. The molecule has 118 valence electrons. The van der Waals surface area contributed by atoms with Crippen LogP contribution < -0.4 is 0 Å². The Morgan fingerprint density at radius 3 is 2.48 bits per heavy atom. The van der Waals surface area contributed by atoms with Crippen LogP contribution >= 0.6 is 11.3 Å². The molecule has 0 aliphatic heterocycles. The minimum absolute atomic E-state index is 0.0737. The third-order valence-electron chi connectivity index (χ3n) is 3.65. The van der Waals surface area contributed by atoms with Crippen LogP contribution in [0.4, 0.5) is 0 Å². The molecule has 1 unspecified atom stereocenters. The SMILES string of the molecule is CCCc1sc(C(=O)N(CC(=O)O)C(C)CC)cc1CC. The molecule has 0 radical (unpaired) electrons. The summed E-state index contributed by atoms with van der Waals surface area (Å²) in [6.45, 7) is 7.81.